The first-order chi connectivity index (χ1) is 7.98. The maximum atomic E-state index is 8.95. The van der Waals surface area contributed by atoms with Crippen molar-refractivity contribution in [2.75, 3.05) is 26.4 Å². The summed E-state index contributed by atoms with van der Waals surface area (Å²) in [6.07, 6.45) is 2.21. The van der Waals surface area contributed by atoms with E-state index in [9.17, 15) is 0 Å². The molecule has 5 heteroatoms. The molecule has 0 radical (unpaired) electrons. The minimum atomic E-state index is -1.53. The van der Waals surface area contributed by atoms with E-state index in [1.165, 1.54) is 12.5 Å². The van der Waals surface area contributed by atoms with Gasteiger partial charge in [-0.25, -0.2) is 0 Å². The van der Waals surface area contributed by atoms with E-state index in [4.69, 9.17) is 19.7 Å². The maximum absolute atomic E-state index is 8.95. The molecule has 1 aliphatic rings. The zero-order chi connectivity index (χ0) is 12.9. The van der Waals surface area contributed by atoms with E-state index in [-0.39, 0.29) is 24.5 Å². The SMILES string of the molecule is CC1(OCCO)C(OCCO)CCC[Si]1(C)C. The van der Waals surface area contributed by atoms with Gasteiger partial charge in [0.1, 0.15) is 0 Å². The molecular formula is C12H26O4Si. The van der Waals surface area contributed by atoms with Crippen molar-refractivity contribution in [3.05, 3.63) is 0 Å². The van der Waals surface area contributed by atoms with Crippen molar-refractivity contribution in [2.24, 2.45) is 0 Å². The normalized spacial score (nSPS) is 32.6. The van der Waals surface area contributed by atoms with E-state index in [2.05, 4.69) is 20.0 Å². The third-order valence-corrected chi connectivity index (χ3v) is 8.89. The number of rotatable bonds is 6. The van der Waals surface area contributed by atoms with Gasteiger partial charge in [0.05, 0.1) is 45.8 Å². The molecule has 0 amide bonds. The van der Waals surface area contributed by atoms with E-state index >= 15 is 0 Å². The highest BCUT2D eigenvalue weighted by Crippen LogP contribution is 2.40. The molecule has 2 unspecified atom stereocenters. The van der Waals surface area contributed by atoms with E-state index in [0.717, 1.165) is 6.42 Å². The standard InChI is InChI=1S/C12H26O4Si/c1-12(16-9-7-14)11(15-8-6-13)5-4-10-17(12,2)3/h11,13-14H,4-10H2,1-3H3. The zero-order valence-corrected chi connectivity index (χ0v) is 12.2. The van der Waals surface area contributed by atoms with Crippen LogP contribution in [-0.2, 0) is 9.47 Å². The first-order valence-corrected chi connectivity index (χ1v) is 9.66. The second kappa shape index (κ2) is 6.29. The highest BCUT2D eigenvalue weighted by Gasteiger charge is 2.52. The Morgan fingerprint density at radius 1 is 1.24 bits per heavy atom. The molecule has 102 valence electrons. The number of ether oxygens (including phenoxy) is 2. The van der Waals surface area contributed by atoms with E-state index in [1.54, 1.807) is 0 Å². The van der Waals surface area contributed by atoms with Crippen LogP contribution < -0.4 is 0 Å². The summed E-state index contributed by atoms with van der Waals surface area (Å²) in [5.74, 6) is 0. The summed E-state index contributed by atoms with van der Waals surface area (Å²) in [4.78, 5) is 0. The molecule has 0 aromatic heterocycles. The second-order valence-electron chi connectivity index (χ2n) is 5.54. The largest absolute Gasteiger partial charge is 0.394 e. The Kier molecular flexibility index (Phi) is 5.59. The second-order valence-corrected chi connectivity index (χ2v) is 10.8. The van der Waals surface area contributed by atoms with Crippen LogP contribution in [0.25, 0.3) is 0 Å². The van der Waals surface area contributed by atoms with Gasteiger partial charge in [-0.2, -0.15) is 0 Å². The number of hydrogen-bond acceptors (Lipinski definition) is 4. The summed E-state index contributed by atoms with van der Waals surface area (Å²) in [6, 6.07) is 1.23. The molecule has 1 aliphatic heterocycles. The molecule has 1 heterocycles. The average Bonchev–Trinajstić information content (AvgIpc) is 2.28. The van der Waals surface area contributed by atoms with Crippen molar-refractivity contribution in [2.45, 2.75) is 50.2 Å². The van der Waals surface area contributed by atoms with Crippen molar-refractivity contribution in [3.8, 4) is 0 Å². The Morgan fingerprint density at radius 2 is 1.88 bits per heavy atom. The van der Waals surface area contributed by atoms with E-state index in [1.807, 2.05) is 0 Å². The van der Waals surface area contributed by atoms with Crippen LogP contribution in [0, 0.1) is 0 Å². The van der Waals surface area contributed by atoms with Crippen LogP contribution in [0.15, 0.2) is 0 Å². The lowest BCUT2D eigenvalue weighted by Crippen LogP contribution is -2.64. The van der Waals surface area contributed by atoms with Gasteiger partial charge in [0, 0.05) is 0 Å². The van der Waals surface area contributed by atoms with Crippen LogP contribution in [0.5, 0.6) is 0 Å². The minimum absolute atomic E-state index is 0.0484. The number of aliphatic hydroxyl groups is 2. The van der Waals surface area contributed by atoms with Gasteiger partial charge in [-0.3, -0.25) is 0 Å². The van der Waals surface area contributed by atoms with E-state index < -0.39 is 8.07 Å². The molecule has 0 aromatic carbocycles. The molecule has 1 saturated heterocycles. The number of aliphatic hydroxyl groups excluding tert-OH is 2. The molecule has 2 N–H and O–H groups in total. The Labute approximate surface area is 105 Å². The maximum Gasteiger partial charge on any atom is 0.0885 e. The van der Waals surface area contributed by atoms with Crippen LogP contribution in [0.4, 0.5) is 0 Å². The minimum Gasteiger partial charge on any atom is -0.394 e. The lowest BCUT2D eigenvalue weighted by atomic mass is 10.1. The summed E-state index contributed by atoms with van der Waals surface area (Å²) in [5.41, 5.74) is 0. The van der Waals surface area contributed by atoms with Crippen molar-refractivity contribution < 1.29 is 19.7 Å². The van der Waals surface area contributed by atoms with E-state index in [0.29, 0.717) is 13.2 Å². The zero-order valence-electron chi connectivity index (χ0n) is 11.2. The van der Waals surface area contributed by atoms with Crippen LogP contribution in [0.3, 0.4) is 0 Å². The predicted molar refractivity (Wildman–Crippen MR) is 69.8 cm³/mol. The smallest absolute Gasteiger partial charge is 0.0885 e. The molecule has 4 nitrogen and oxygen atoms in total. The van der Waals surface area contributed by atoms with Crippen molar-refractivity contribution >= 4 is 8.07 Å². The fourth-order valence-corrected chi connectivity index (χ4v) is 5.85. The molecule has 2 atom stereocenters. The van der Waals surface area contributed by atoms with Crippen LogP contribution >= 0.6 is 0 Å². The van der Waals surface area contributed by atoms with Crippen LogP contribution in [-0.4, -0.2) is 56.0 Å². The van der Waals surface area contributed by atoms with Gasteiger partial charge < -0.3 is 19.7 Å². The Morgan fingerprint density at radius 3 is 2.47 bits per heavy atom. The van der Waals surface area contributed by atoms with Gasteiger partial charge in [-0.15, -0.1) is 0 Å². The highest BCUT2D eigenvalue weighted by molar-refractivity contribution is 6.80. The molecular weight excluding hydrogens is 236 g/mol. The Bertz CT molecular complexity index is 235. The molecule has 0 bridgehead atoms. The topological polar surface area (TPSA) is 58.9 Å². The summed E-state index contributed by atoms with van der Waals surface area (Å²) < 4.78 is 11.7. The molecule has 0 saturated carbocycles. The van der Waals surface area contributed by atoms with Gasteiger partial charge in [-0.05, 0) is 13.3 Å². The van der Waals surface area contributed by atoms with Gasteiger partial charge in [0.15, 0.2) is 0 Å². The lowest BCUT2D eigenvalue weighted by Gasteiger charge is -2.50. The van der Waals surface area contributed by atoms with Gasteiger partial charge in [0.2, 0.25) is 0 Å². The first kappa shape index (κ1) is 15.1. The quantitative estimate of drug-likeness (QED) is 0.706. The third kappa shape index (κ3) is 3.29. The fraction of sp³-hybridized carbons (Fsp3) is 1.00. The van der Waals surface area contributed by atoms with Gasteiger partial charge in [-0.1, -0.05) is 25.6 Å². The van der Waals surface area contributed by atoms with Gasteiger partial charge in [0.25, 0.3) is 0 Å². The Balaban J connectivity index is 2.77. The summed E-state index contributed by atoms with van der Waals surface area (Å²) in [7, 11) is -1.53. The highest BCUT2D eigenvalue weighted by atomic mass is 28.3. The lowest BCUT2D eigenvalue weighted by molar-refractivity contribution is -0.114. The number of hydrogen-bond donors (Lipinski definition) is 2. The van der Waals surface area contributed by atoms with Crippen molar-refractivity contribution in [1.29, 1.82) is 0 Å². The molecule has 0 aliphatic carbocycles. The van der Waals surface area contributed by atoms with Crippen LogP contribution in [0.1, 0.15) is 19.8 Å². The van der Waals surface area contributed by atoms with Crippen LogP contribution in [0.2, 0.25) is 19.1 Å². The third-order valence-electron chi connectivity index (χ3n) is 4.13. The summed E-state index contributed by atoms with van der Waals surface area (Å²) >= 11 is 0. The molecule has 0 spiro atoms. The first-order valence-electron chi connectivity index (χ1n) is 6.45. The monoisotopic (exact) mass is 262 g/mol. The van der Waals surface area contributed by atoms with Gasteiger partial charge >= 0.3 is 0 Å². The molecule has 17 heavy (non-hydrogen) atoms. The average molecular weight is 262 g/mol. The molecule has 1 fully saturated rings. The predicted octanol–water partition coefficient (Wildman–Crippen LogP) is 1.17. The summed E-state index contributed by atoms with van der Waals surface area (Å²) in [6.45, 7) is 7.59. The molecule has 1 rings (SSSR count). The van der Waals surface area contributed by atoms with Crippen molar-refractivity contribution in [1.82, 2.24) is 0 Å². The molecule has 0 aromatic rings. The summed E-state index contributed by atoms with van der Waals surface area (Å²) in [5, 5.41) is 17.6. The Hall–Kier alpha value is 0.0569. The van der Waals surface area contributed by atoms with Crippen molar-refractivity contribution in [3.63, 3.8) is 0 Å². The fourth-order valence-electron chi connectivity index (χ4n) is 2.67.